The van der Waals surface area contributed by atoms with Gasteiger partial charge in [0.05, 0.1) is 23.4 Å². The van der Waals surface area contributed by atoms with Crippen LogP contribution in [0, 0.1) is 0 Å². The molecule has 0 unspecified atom stereocenters. The Kier molecular flexibility index (Phi) is 6.58. The largest absolute Gasteiger partial charge is 0.490 e. The minimum Gasteiger partial charge on any atom is -0.490 e. The molecule has 8 heteroatoms. The summed E-state index contributed by atoms with van der Waals surface area (Å²) in [7, 11) is 2.15. The van der Waals surface area contributed by atoms with Gasteiger partial charge in [0.15, 0.2) is 16.6 Å². The maximum Gasteiger partial charge on any atom is 0.255 e. The fourth-order valence-corrected chi connectivity index (χ4v) is 4.58. The number of fused-ring (bicyclic) bond motifs is 1. The first-order valence-corrected chi connectivity index (χ1v) is 11.4. The van der Waals surface area contributed by atoms with Gasteiger partial charge in [0.2, 0.25) is 0 Å². The van der Waals surface area contributed by atoms with Crippen molar-refractivity contribution in [2.75, 3.05) is 56.7 Å². The highest BCUT2D eigenvalue weighted by molar-refractivity contribution is 7.22. The molecule has 1 fully saturated rings. The van der Waals surface area contributed by atoms with Gasteiger partial charge in [-0.25, -0.2) is 4.98 Å². The molecule has 7 nitrogen and oxygen atoms in total. The Bertz CT molecular complexity index is 1060. The second-order valence-electron chi connectivity index (χ2n) is 7.45. The Morgan fingerprint density at radius 2 is 1.77 bits per heavy atom. The van der Waals surface area contributed by atoms with Crippen molar-refractivity contribution in [1.29, 1.82) is 0 Å². The lowest BCUT2D eigenvalue weighted by Crippen LogP contribution is -2.44. The van der Waals surface area contributed by atoms with Crippen LogP contribution in [-0.2, 0) is 0 Å². The average molecular weight is 441 g/mol. The standard InChI is InChI=1S/C23H28N4O3S/c1-4-29-19-9-6-16(14-20(19)30-5-2)22(28)24-17-7-8-18-21(15-17)31-23(25-18)27-12-10-26(3)11-13-27/h6-9,14-15H,4-5,10-13H2,1-3H3,(H,24,28). The van der Waals surface area contributed by atoms with E-state index in [0.29, 0.717) is 30.3 Å². The number of aromatic nitrogens is 1. The zero-order valence-corrected chi connectivity index (χ0v) is 19.0. The lowest BCUT2D eigenvalue weighted by atomic mass is 10.1. The van der Waals surface area contributed by atoms with Crippen molar-refractivity contribution in [3.63, 3.8) is 0 Å². The number of ether oxygens (including phenoxy) is 2. The number of amides is 1. The molecule has 164 valence electrons. The molecule has 0 saturated carbocycles. The van der Waals surface area contributed by atoms with Gasteiger partial charge in [-0.1, -0.05) is 11.3 Å². The Hall–Kier alpha value is -2.84. The number of carbonyl (C=O) groups is 1. The first-order chi connectivity index (χ1) is 15.1. The van der Waals surface area contributed by atoms with Crippen molar-refractivity contribution in [2.24, 2.45) is 0 Å². The summed E-state index contributed by atoms with van der Waals surface area (Å²) < 4.78 is 12.3. The number of hydrogen-bond donors (Lipinski definition) is 1. The molecule has 0 bridgehead atoms. The number of rotatable bonds is 7. The minimum atomic E-state index is -0.188. The molecular formula is C23H28N4O3S. The van der Waals surface area contributed by atoms with E-state index in [1.165, 1.54) is 0 Å². The maximum atomic E-state index is 12.8. The van der Waals surface area contributed by atoms with Gasteiger partial charge in [-0.2, -0.15) is 0 Å². The smallest absolute Gasteiger partial charge is 0.255 e. The predicted octanol–water partition coefficient (Wildman–Crippen LogP) is 4.10. The number of likely N-dealkylation sites (N-methyl/N-ethyl adjacent to an activating group) is 1. The third-order valence-corrected chi connectivity index (χ3v) is 6.29. The molecule has 2 aromatic carbocycles. The van der Waals surface area contributed by atoms with Crippen LogP contribution in [0.15, 0.2) is 36.4 Å². The van der Waals surface area contributed by atoms with Crippen LogP contribution in [0.1, 0.15) is 24.2 Å². The zero-order chi connectivity index (χ0) is 21.8. The molecule has 1 amide bonds. The van der Waals surface area contributed by atoms with E-state index in [9.17, 15) is 4.79 Å². The van der Waals surface area contributed by atoms with E-state index in [4.69, 9.17) is 14.5 Å². The van der Waals surface area contributed by atoms with E-state index < -0.39 is 0 Å². The molecule has 0 aliphatic carbocycles. The van der Waals surface area contributed by atoms with Crippen LogP contribution in [0.25, 0.3) is 10.2 Å². The van der Waals surface area contributed by atoms with Gasteiger partial charge in [0, 0.05) is 37.4 Å². The minimum absolute atomic E-state index is 0.188. The lowest BCUT2D eigenvalue weighted by Gasteiger charge is -2.31. The third kappa shape index (κ3) is 4.91. The molecule has 0 radical (unpaired) electrons. The molecule has 1 aromatic heterocycles. The molecule has 1 aliphatic rings. The number of thiazole rings is 1. The van der Waals surface area contributed by atoms with Crippen LogP contribution in [0.3, 0.4) is 0 Å². The number of hydrogen-bond acceptors (Lipinski definition) is 7. The van der Waals surface area contributed by atoms with Gasteiger partial charge in [-0.15, -0.1) is 0 Å². The summed E-state index contributed by atoms with van der Waals surface area (Å²) in [4.78, 5) is 22.3. The summed E-state index contributed by atoms with van der Waals surface area (Å²) in [6.45, 7) is 8.93. The number of carbonyl (C=O) groups excluding carboxylic acids is 1. The number of anilines is 2. The molecular weight excluding hydrogens is 412 g/mol. The van der Waals surface area contributed by atoms with Gasteiger partial charge < -0.3 is 24.6 Å². The van der Waals surface area contributed by atoms with Crippen molar-refractivity contribution in [3.05, 3.63) is 42.0 Å². The molecule has 1 N–H and O–H groups in total. The summed E-state index contributed by atoms with van der Waals surface area (Å²) in [5.74, 6) is 1.03. The highest BCUT2D eigenvalue weighted by Gasteiger charge is 2.18. The summed E-state index contributed by atoms with van der Waals surface area (Å²) in [6.07, 6.45) is 0. The predicted molar refractivity (Wildman–Crippen MR) is 126 cm³/mol. The Balaban J connectivity index is 1.50. The molecule has 31 heavy (non-hydrogen) atoms. The maximum absolute atomic E-state index is 12.8. The van der Waals surface area contributed by atoms with E-state index in [1.807, 2.05) is 32.0 Å². The highest BCUT2D eigenvalue weighted by atomic mass is 32.1. The molecule has 0 spiro atoms. The molecule has 4 rings (SSSR count). The van der Waals surface area contributed by atoms with Gasteiger partial charge in [-0.05, 0) is 57.3 Å². The highest BCUT2D eigenvalue weighted by Crippen LogP contribution is 2.32. The molecule has 1 saturated heterocycles. The van der Waals surface area contributed by atoms with Crippen molar-refractivity contribution in [3.8, 4) is 11.5 Å². The third-order valence-electron chi connectivity index (χ3n) is 5.21. The van der Waals surface area contributed by atoms with Crippen LogP contribution in [-0.4, -0.2) is 62.2 Å². The fraction of sp³-hybridized carbons (Fsp3) is 0.391. The second-order valence-corrected chi connectivity index (χ2v) is 8.46. The quantitative estimate of drug-likeness (QED) is 0.597. The van der Waals surface area contributed by atoms with E-state index in [-0.39, 0.29) is 5.91 Å². The Morgan fingerprint density at radius 1 is 1.03 bits per heavy atom. The number of piperazine rings is 1. The molecule has 1 aliphatic heterocycles. The first kappa shape index (κ1) is 21.4. The van der Waals surface area contributed by atoms with Gasteiger partial charge in [0.1, 0.15) is 0 Å². The van der Waals surface area contributed by atoms with Crippen LogP contribution in [0.4, 0.5) is 10.8 Å². The monoisotopic (exact) mass is 440 g/mol. The normalized spacial score (nSPS) is 14.6. The Morgan fingerprint density at radius 3 is 2.52 bits per heavy atom. The lowest BCUT2D eigenvalue weighted by molar-refractivity contribution is 0.102. The zero-order valence-electron chi connectivity index (χ0n) is 18.2. The van der Waals surface area contributed by atoms with E-state index in [0.717, 1.165) is 47.2 Å². The van der Waals surface area contributed by atoms with Crippen molar-refractivity contribution >= 4 is 38.3 Å². The van der Waals surface area contributed by atoms with E-state index in [2.05, 4.69) is 22.2 Å². The topological polar surface area (TPSA) is 66.9 Å². The summed E-state index contributed by atoms with van der Waals surface area (Å²) in [5, 5.41) is 4.03. The van der Waals surface area contributed by atoms with Gasteiger partial charge in [0.25, 0.3) is 5.91 Å². The van der Waals surface area contributed by atoms with E-state index >= 15 is 0 Å². The van der Waals surface area contributed by atoms with Crippen LogP contribution in [0.5, 0.6) is 11.5 Å². The van der Waals surface area contributed by atoms with Crippen LogP contribution in [0.2, 0.25) is 0 Å². The second kappa shape index (κ2) is 9.53. The molecule has 3 aromatic rings. The van der Waals surface area contributed by atoms with Crippen molar-refractivity contribution in [2.45, 2.75) is 13.8 Å². The summed E-state index contributed by atoms with van der Waals surface area (Å²) in [6, 6.07) is 11.1. The fourth-order valence-electron chi connectivity index (χ4n) is 3.52. The summed E-state index contributed by atoms with van der Waals surface area (Å²) >= 11 is 1.67. The first-order valence-electron chi connectivity index (χ1n) is 10.6. The van der Waals surface area contributed by atoms with Crippen LogP contribution >= 0.6 is 11.3 Å². The SMILES string of the molecule is CCOc1ccc(C(=O)Nc2ccc3nc(N4CCN(C)CC4)sc3c2)cc1OCC. The summed E-state index contributed by atoms with van der Waals surface area (Å²) in [5.41, 5.74) is 2.23. The molecule has 0 atom stereocenters. The Labute approximate surface area is 186 Å². The van der Waals surface area contributed by atoms with E-state index in [1.54, 1.807) is 29.5 Å². The average Bonchev–Trinajstić information content (AvgIpc) is 3.19. The number of nitrogens with one attached hydrogen (secondary N) is 1. The van der Waals surface area contributed by atoms with Crippen molar-refractivity contribution in [1.82, 2.24) is 9.88 Å². The van der Waals surface area contributed by atoms with Gasteiger partial charge >= 0.3 is 0 Å². The van der Waals surface area contributed by atoms with Crippen molar-refractivity contribution < 1.29 is 14.3 Å². The molecule has 2 heterocycles. The van der Waals surface area contributed by atoms with Gasteiger partial charge in [-0.3, -0.25) is 4.79 Å². The van der Waals surface area contributed by atoms with Crippen LogP contribution < -0.4 is 19.7 Å². The number of benzene rings is 2. The number of nitrogens with zero attached hydrogens (tertiary/aromatic N) is 3.